The Kier molecular flexibility index (Phi) is 29.9. The predicted octanol–water partition coefficient (Wildman–Crippen LogP) is 8.36. The molecule has 0 saturated heterocycles. The van der Waals surface area contributed by atoms with Crippen molar-refractivity contribution >= 4 is 92.9 Å². The molecule has 2 aromatic heterocycles. The van der Waals surface area contributed by atoms with Crippen LogP contribution in [-0.4, -0.2) is 54.6 Å². The van der Waals surface area contributed by atoms with Gasteiger partial charge in [0.15, 0.2) is 0 Å². The van der Waals surface area contributed by atoms with Gasteiger partial charge in [0.05, 0.1) is 0 Å². The third-order valence-corrected chi connectivity index (χ3v) is 6.37. The number of hydrogen-bond donors (Lipinski definition) is 2. The van der Waals surface area contributed by atoms with Crippen LogP contribution in [0.25, 0.3) is 45.0 Å². The molecule has 48 heavy (non-hydrogen) atoms. The fourth-order valence-corrected chi connectivity index (χ4v) is 4.25. The van der Waals surface area contributed by atoms with Crippen molar-refractivity contribution in [1.82, 2.24) is 41.2 Å². The van der Waals surface area contributed by atoms with Crippen molar-refractivity contribution in [2.45, 2.75) is 34.1 Å². The SMILES string of the molecule is C.CCc1ccc(-c2ccccc2-c2nn[nH]n2)cc1.CCc1ccc(-c2ccccc2-c2nn[nH]n2)cc1.CP.CP.II.I[I-]I. The van der Waals surface area contributed by atoms with Gasteiger partial charge < -0.3 is 0 Å². The fraction of sp³-hybridized carbons (Fsp3) is 0.212. The molecular weight excluding hydrogens is 1200 g/mol. The number of aromatic nitrogens is 8. The molecule has 2 heterocycles. The minimum atomic E-state index is 0. The maximum atomic E-state index is 4.06. The first-order valence-electron chi connectivity index (χ1n) is 14.2. The Morgan fingerprint density at radius 2 is 0.833 bits per heavy atom. The Balaban J connectivity index is 0.000000732. The summed E-state index contributed by atoms with van der Waals surface area (Å²) in [5.41, 5.74) is 9.20. The Hall–Kier alpha value is -0.470. The second-order valence-corrected chi connectivity index (χ2v) is 25.0. The Morgan fingerprint density at radius 3 is 1.08 bits per heavy atom. The molecule has 8 nitrogen and oxygen atoms in total. The van der Waals surface area contributed by atoms with Crippen LogP contribution < -0.4 is 13.3 Å². The molecule has 0 bridgehead atoms. The number of H-pyrrole nitrogens is 2. The molecule has 0 spiro atoms. The fourth-order valence-electron chi connectivity index (χ4n) is 4.25. The molecule has 0 aliphatic carbocycles. The van der Waals surface area contributed by atoms with Crippen LogP contribution in [0.5, 0.6) is 0 Å². The van der Waals surface area contributed by atoms with Crippen molar-refractivity contribution in [3.63, 3.8) is 0 Å². The minimum absolute atomic E-state index is 0. The number of tetrazole rings is 2. The van der Waals surface area contributed by atoms with Crippen LogP contribution in [0, 0.1) is 0 Å². The number of benzene rings is 4. The number of nitrogens with zero attached hydrogens (tertiary/aromatic N) is 6. The molecule has 2 unspecified atom stereocenters. The quantitative estimate of drug-likeness (QED) is 0.128. The Bertz CT molecular complexity index is 1490. The molecular formula is C33H42I5N8P2-. The van der Waals surface area contributed by atoms with Crippen molar-refractivity contribution in [3.8, 4) is 45.0 Å². The van der Waals surface area contributed by atoms with Crippen molar-refractivity contribution in [3.05, 3.63) is 108 Å². The van der Waals surface area contributed by atoms with E-state index in [1.54, 1.807) is 0 Å². The summed E-state index contributed by atoms with van der Waals surface area (Å²) in [5, 5.41) is 28.5. The summed E-state index contributed by atoms with van der Waals surface area (Å²) < 4.78 is 0. The number of aromatic amines is 2. The molecule has 15 heteroatoms. The van der Waals surface area contributed by atoms with E-state index in [9.17, 15) is 0 Å². The molecule has 0 radical (unpaired) electrons. The molecule has 2 N–H and O–H groups in total. The normalized spacial score (nSPS) is 9.21. The van der Waals surface area contributed by atoms with Gasteiger partial charge in [-0.15, -0.1) is 38.9 Å². The van der Waals surface area contributed by atoms with E-state index in [-0.39, 0.29) is 7.43 Å². The summed E-state index contributed by atoms with van der Waals surface area (Å²) in [7, 11) is 4.83. The average molecular weight is 1250 g/mol. The zero-order chi connectivity index (χ0) is 34.9. The summed E-state index contributed by atoms with van der Waals surface area (Å²) in [6.07, 6.45) is 2.10. The van der Waals surface area contributed by atoms with Crippen molar-refractivity contribution < 1.29 is 13.3 Å². The molecule has 0 saturated carbocycles. The molecule has 4 aromatic carbocycles. The standard InChI is InChI=1S/2C15H14N4.2CH5P.CH4.I3.I2/c2*1-2-11-7-9-12(10-8-11)13-5-3-4-6-14(13)15-16-18-19-17-15;2*1-2;;1-3-2;1-2/h2*3-10H,2H2,1H3,(H,16,17,18,19);2*2H2,1H3;1H4;;/q;;;;;-1;. The van der Waals surface area contributed by atoms with Gasteiger partial charge in [0, 0.05) is 48.4 Å². The van der Waals surface area contributed by atoms with E-state index < -0.39 is 0 Å². The maximum absolute atomic E-state index is 4.06. The first-order valence-corrected chi connectivity index (χ1v) is 35.4. The summed E-state index contributed by atoms with van der Waals surface area (Å²) >= 11 is 9.54. The van der Waals surface area contributed by atoms with Gasteiger partial charge in [0.2, 0.25) is 11.6 Å². The van der Waals surface area contributed by atoms with Crippen LogP contribution in [0.3, 0.4) is 0 Å². The van der Waals surface area contributed by atoms with E-state index >= 15 is 0 Å². The third-order valence-electron chi connectivity index (χ3n) is 6.37. The van der Waals surface area contributed by atoms with Crippen LogP contribution in [0.4, 0.5) is 0 Å². The van der Waals surface area contributed by atoms with E-state index in [1.807, 2.05) is 49.7 Å². The zero-order valence-electron chi connectivity index (χ0n) is 26.4. The number of halogens is 5. The van der Waals surface area contributed by atoms with Gasteiger partial charge in [-0.25, -0.2) is 0 Å². The van der Waals surface area contributed by atoms with Crippen LogP contribution in [-0.2, 0) is 12.8 Å². The van der Waals surface area contributed by atoms with E-state index in [1.165, 1.54) is 11.1 Å². The van der Waals surface area contributed by atoms with Gasteiger partial charge in [-0.05, 0) is 56.6 Å². The number of hydrogen-bond acceptors (Lipinski definition) is 6. The molecule has 0 aliphatic rings. The van der Waals surface area contributed by atoms with Crippen molar-refractivity contribution in [1.29, 1.82) is 0 Å². The summed E-state index contributed by atoms with van der Waals surface area (Å²) in [6.45, 7) is 8.14. The summed E-state index contributed by atoms with van der Waals surface area (Å²) in [5.74, 6) is 1.24. The van der Waals surface area contributed by atoms with Gasteiger partial charge in [-0.1, -0.05) is 132 Å². The molecule has 260 valence electrons. The number of rotatable bonds is 6. The second-order valence-electron chi connectivity index (χ2n) is 8.72. The summed E-state index contributed by atoms with van der Waals surface area (Å²) in [4.78, 5) is 0. The zero-order valence-corrected chi connectivity index (χ0v) is 39.5. The molecule has 0 fully saturated rings. The van der Waals surface area contributed by atoms with Gasteiger partial charge >= 0.3 is 50.5 Å². The Morgan fingerprint density at radius 1 is 0.542 bits per heavy atom. The average Bonchev–Trinajstić information content (AvgIpc) is 3.91. The van der Waals surface area contributed by atoms with E-state index in [0.717, 1.165) is 46.2 Å². The van der Waals surface area contributed by atoms with Crippen molar-refractivity contribution in [2.24, 2.45) is 0 Å². The first kappa shape index (κ1) is 47.5. The molecule has 6 aromatic rings. The van der Waals surface area contributed by atoms with E-state index in [4.69, 9.17) is 0 Å². The van der Waals surface area contributed by atoms with Gasteiger partial charge in [-0.3, -0.25) is 0 Å². The molecule has 2 atom stereocenters. The summed E-state index contributed by atoms with van der Waals surface area (Å²) in [6, 6.07) is 33.3. The molecule has 0 aliphatic heterocycles. The van der Waals surface area contributed by atoms with Crippen LogP contribution in [0.15, 0.2) is 97.1 Å². The topological polar surface area (TPSA) is 109 Å². The third kappa shape index (κ3) is 15.8. The number of aryl methyl sites for hydroxylation is 2. The van der Waals surface area contributed by atoms with Crippen molar-refractivity contribution in [2.75, 3.05) is 13.3 Å². The van der Waals surface area contributed by atoms with Crippen LogP contribution in [0.2, 0.25) is 0 Å². The second kappa shape index (κ2) is 30.2. The first-order chi connectivity index (χ1) is 23.2. The van der Waals surface area contributed by atoms with Crippen LogP contribution >= 0.6 is 92.9 Å². The molecule has 0 amide bonds. The van der Waals surface area contributed by atoms with E-state index in [0.29, 0.717) is 24.9 Å². The van der Waals surface area contributed by atoms with Crippen LogP contribution in [0.1, 0.15) is 32.4 Å². The van der Waals surface area contributed by atoms with Gasteiger partial charge in [-0.2, -0.15) is 10.4 Å². The Labute approximate surface area is 343 Å². The van der Waals surface area contributed by atoms with E-state index in [2.05, 4.69) is 209 Å². The predicted molar refractivity (Wildman–Crippen MR) is 243 cm³/mol. The monoisotopic (exact) mass is 1250 g/mol. The molecule has 6 rings (SSSR count). The van der Waals surface area contributed by atoms with Gasteiger partial charge in [0.1, 0.15) is 0 Å². The number of nitrogens with one attached hydrogen (secondary N) is 2. The van der Waals surface area contributed by atoms with Gasteiger partial charge in [0.25, 0.3) is 0 Å².